The molecule has 7 N–H and O–H groups in total. The lowest BCUT2D eigenvalue weighted by molar-refractivity contribution is -0.186. The second kappa shape index (κ2) is 7.09. The second-order valence-electron chi connectivity index (χ2n) is 9.33. The number of aliphatic hydroxyl groups is 2. The molecule has 0 heterocycles. The number of primary amides is 1. The van der Waals surface area contributed by atoms with E-state index in [1.807, 2.05) is 0 Å². The summed E-state index contributed by atoms with van der Waals surface area (Å²) in [6, 6.07) is 1.50. The molecule has 1 aromatic rings. The minimum Gasteiger partial charge on any atom is -0.505 e. The molecule has 0 aromatic heterocycles. The minimum absolute atomic E-state index is 0.0835. The number of carbonyl (C=O) groups is 5. The van der Waals surface area contributed by atoms with Gasteiger partial charge in [0.15, 0.2) is 34.7 Å². The van der Waals surface area contributed by atoms with E-state index in [0.717, 1.165) is 0 Å². The van der Waals surface area contributed by atoms with E-state index in [0.29, 0.717) is 11.3 Å². The number of phenols is 1. The maximum Gasteiger partial charge on any atom is 0.235 e. The maximum atomic E-state index is 13.5. The molecule has 33 heavy (non-hydrogen) atoms. The molecular formula is C22H25N3O8. The smallest absolute Gasteiger partial charge is 0.235 e. The molecule has 2 fully saturated rings. The molecule has 11 nitrogen and oxygen atoms in total. The van der Waals surface area contributed by atoms with Crippen LogP contribution in [0.3, 0.4) is 0 Å². The lowest BCUT2D eigenvalue weighted by atomic mass is 9.51. The van der Waals surface area contributed by atoms with E-state index in [-0.39, 0.29) is 17.7 Å². The summed E-state index contributed by atoms with van der Waals surface area (Å²) in [7, 11) is 3.43. The molecule has 0 saturated heterocycles. The van der Waals surface area contributed by atoms with Gasteiger partial charge in [-0.3, -0.25) is 24.0 Å². The van der Waals surface area contributed by atoms with Crippen molar-refractivity contribution in [3.05, 3.63) is 17.2 Å². The number of phenolic OH excluding ortho intramolecular Hbond substituents is 1. The Balaban J connectivity index is 1.93. The fraction of sp³-hybridized carbons (Fsp3) is 0.500. The van der Waals surface area contributed by atoms with Crippen LogP contribution in [0, 0.1) is 23.7 Å². The Hall–Kier alpha value is -3.31. The van der Waals surface area contributed by atoms with E-state index in [1.165, 1.54) is 6.07 Å². The summed E-state index contributed by atoms with van der Waals surface area (Å²) in [6.45, 7) is 1.72. The van der Waals surface area contributed by atoms with Crippen molar-refractivity contribution in [2.45, 2.75) is 31.0 Å². The molecule has 0 radical (unpaired) electrons. The standard InChI is InChI=1S/C22H25N3O8/c1-6-7-4-8-15(26)18(29)14(21(24)32)20(31)22(8,33)19(30)12(7)17(28)13-11(6)10(25(2)3)5-9(23)16(13)27/h5-8,12,14-15,26-27,33H,4,23H2,1-3H3,(H2,24,32)/t6-,7+,8-,12?,14?,15+,22-/m0/s1. The summed E-state index contributed by atoms with van der Waals surface area (Å²) in [5.74, 6) is -13.2. The molecule has 1 aromatic carbocycles. The monoisotopic (exact) mass is 459 g/mol. The number of Topliss-reactive ketones (excluding diaryl/α,β-unsaturated/α-hetero) is 4. The third kappa shape index (κ3) is 2.72. The third-order valence-corrected chi connectivity index (χ3v) is 7.48. The molecule has 2 saturated carbocycles. The van der Waals surface area contributed by atoms with Gasteiger partial charge in [0, 0.05) is 25.7 Å². The Kier molecular flexibility index (Phi) is 4.92. The zero-order valence-electron chi connectivity index (χ0n) is 18.2. The first-order chi connectivity index (χ1) is 15.3. The van der Waals surface area contributed by atoms with E-state index in [9.17, 15) is 39.3 Å². The number of carbonyl (C=O) groups excluding carboxylic acids is 5. The number of amides is 1. The minimum atomic E-state index is -2.94. The molecular weight excluding hydrogens is 434 g/mol. The first-order valence-electron chi connectivity index (χ1n) is 10.5. The maximum absolute atomic E-state index is 13.5. The number of aromatic hydroxyl groups is 1. The van der Waals surface area contributed by atoms with E-state index < -0.39 is 76.1 Å². The van der Waals surface area contributed by atoms with Crippen molar-refractivity contribution in [2.24, 2.45) is 29.4 Å². The SMILES string of the molecule is C[C@@H]1c2c(N(C)C)cc(N)c(O)c2C(=O)C2C(=O)[C@]3(O)C(=O)C(C(N)=O)C(=O)[C@H](O)[C@@H]3C[C@@H]21. The van der Waals surface area contributed by atoms with Crippen LogP contribution in [0.1, 0.15) is 35.2 Å². The number of hydrogen-bond donors (Lipinski definition) is 5. The summed E-state index contributed by atoms with van der Waals surface area (Å²) < 4.78 is 0. The Morgan fingerprint density at radius 2 is 1.79 bits per heavy atom. The number of nitrogens with two attached hydrogens (primary N) is 2. The van der Waals surface area contributed by atoms with E-state index in [4.69, 9.17) is 11.5 Å². The van der Waals surface area contributed by atoms with E-state index in [2.05, 4.69) is 0 Å². The molecule has 0 spiro atoms. The van der Waals surface area contributed by atoms with Crippen LogP contribution in [-0.4, -0.2) is 70.2 Å². The Labute approximate surface area is 188 Å². The number of aliphatic hydroxyl groups excluding tert-OH is 1. The molecule has 2 unspecified atom stereocenters. The number of nitrogen functional groups attached to an aromatic ring is 1. The average molecular weight is 459 g/mol. The zero-order valence-corrected chi connectivity index (χ0v) is 18.2. The van der Waals surface area contributed by atoms with Gasteiger partial charge >= 0.3 is 0 Å². The van der Waals surface area contributed by atoms with Crippen molar-refractivity contribution in [3.8, 4) is 5.75 Å². The van der Waals surface area contributed by atoms with Gasteiger partial charge in [-0.2, -0.15) is 0 Å². The van der Waals surface area contributed by atoms with Crippen molar-refractivity contribution >= 4 is 40.4 Å². The van der Waals surface area contributed by atoms with E-state index >= 15 is 0 Å². The lowest BCUT2D eigenvalue weighted by Crippen LogP contribution is -2.72. The van der Waals surface area contributed by atoms with Gasteiger partial charge in [0.1, 0.15) is 11.9 Å². The van der Waals surface area contributed by atoms with Crippen LogP contribution in [0.4, 0.5) is 11.4 Å². The van der Waals surface area contributed by atoms with Gasteiger partial charge < -0.3 is 31.7 Å². The van der Waals surface area contributed by atoms with Crippen molar-refractivity contribution in [1.82, 2.24) is 0 Å². The number of fused-ring (bicyclic) bond motifs is 3. The third-order valence-electron chi connectivity index (χ3n) is 7.48. The van der Waals surface area contributed by atoms with Crippen LogP contribution < -0.4 is 16.4 Å². The number of anilines is 2. The Bertz CT molecular complexity index is 1140. The quantitative estimate of drug-likeness (QED) is 0.197. The predicted octanol–water partition coefficient (Wildman–Crippen LogP) is -1.49. The molecule has 7 atom stereocenters. The van der Waals surface area contributed by atoms with Crippen molar-refractivity contribution in [1.29, 1.82) is 0 Å². The summed E-state index contributed by atoms with van der Waals surface area (Å²) >= 11 is 0. The highest BCUT2D eigenvalue weighted by atomic mass is 16.3. The Morgan fingerprint density at radius 3 is 2.33 bits per heavy atom. The number of ketones is 4. The molecule has 0 bridgehead atoms. The average Bonchev–Trinajstić information content (AvgIpc) is 2.73. The van der Waals surface area contributed by atoms with Gasteiger partial charge in [0.2, 0.25) is 5.91 Å². The summed E-state index contributed by atoms with van der Waals surface area (Å²) in [5.41, 5.74) is 8.80. The molecule has 3 aliphatic rings. The van der Waals surface area contributed by atoms with Gasteiger partial charge in [-0.25, -0.2) is 0 Å². The number of hydrogen-bond acceptors (Lipinski definition) is 10. The zero-order chi connectivity index (χ0) is 24.7. The van der Waals surface area contributed by atoms with Gasteiger partial charge in [-0.15, -0.1) is 0 Å². The largest absolute Gasteiger partial charge is 0.505 e. The van der Waals surface area contributed by atoms with Crippen molar-refractivity contribution in [2.75, 3.05) is 24.7 Å². The predicted molar refractivity (Wildman–Crippen MR) is 113 cm³/mol. The Morgan fingerprint density at radius 1 is 1.18 bits per heavy atom. The molecule has 3 aliphatic carbocycles. The highest BCUT2D eigenvalue weighted by molar-refractivity contribution is 6.32. The first kappa shape index (κ1) is 22.9. The van der Waals surface area contributed by atoms with Gasteiger partial charge in [-0.1, -0.05) is 6.92 Å². The van der Waals surface area contributed by atoms with Crippen LogP contribution in [0.25, 0.3) is 0 Å². The topological polar surface area (TPSA) is 201 Å². The molecule has 11 heteroatoms. The van der Waals surface area contributed by atoms with Gasteiger partial charge in [0.25, 0.3) is 0 Å². The van der Waals surface area contributed by atoms with Crippen molar-refractivity contribution < 1.29 is 39.3 Å². The van der Waals surface area contributed by atoms with E-state index in [1.54, 1.807) is 25.9 Å². The number of rotatable bonds is 2. The normalized spacial score (nSPS) is 35.5. The first-order valence-corrected chi connectivity index (χ1v) is 10.5. The highest BCUT2D eigenvalue weighted by Gasteiger charge is 2.69. The fourth-order valence-electron chi connectivity index (χ4n) is 5.81. The number of benzene rings is 1. The van der Waals surface area contributed by atoms with Crippen LogP contribution in [-0.2, 0) is 19.2 Å². The van der Waals surface area contributed by atoms with Crippen LogP contribution in [0.5, 0.6) is 5.75 Å². The lowest BCUT2D eigenvalue weighted by Gasteiger charge is -2.51. The highest BCUT2D eigenvalue weighted by Crippen LogP contribution is 2.56. The number of nitrogens with zero attached hydrogens (tertiary/aromatic N) is 1. The molecule has 1 amide bonds. The summed E-state index contributed by atoms with van der Waals surface area (Å²) in [6.07, 6.45) is -2.21. The van der Waals surface area contributed by atoms with Crippen LogP contribution in [0.2, 0.25) is 0 Å². The molecule has 0 aliphatic heterocycles. The molecule has 176 valence electrons. The summed E-state index contributed by atoms with van der Waals surface area (Å²) in [5, 5.41) is 32.4. The van der Waals surface area contributed by atoms with Gasteiger partial charge in [0.05, 0.1) is 17.2 Å². The second-order valence-corrected chi connectivity index (χ2v) is 9.33. The van der Waals surface area contributed by atoms with Crippen LogP contribution in [0.15, 0.2) is 6.07 Å². The van der Waals surface area contributed by atoms with Crippen LogP contribution >= 0.6 is 0 Å². The molecule has 4 rings (SSSR count). The van der Waals surface area contributed by atoms with Gasteiger partial charge in [-0.05, 0) is 29.9 Å². The van der Waals surface area contributed by atoms with Crippen molar-refractivity contribution in [3.63, 3.8) is 0 Å². The summed E-state index contributed by atoms with van der Waals surface area (Å²) in [4.78, 5) is 66.0. The fourth-order valence-corrected chi connectivity index (χ4v) is 5.81.